The SMILES string of the molecule is NNC(=NC(F)(F)F)c1ccccn1. The van der Waals surface area contributed by atoms with E-state index < -0.39 is 12.1 Å². The summed E-state index contributed by atoms with van der Waals surface area (Å²) in [4.78, 5) is 6.08. The minimum Gasteiger partial charge on any atom is -0.307 e. The third kappa shape index (κ3) is 3.02. The van der Waals surface area contributed by atoms with Gasteiger partial charge in [0.15, 0.2) is 5.84 Å². The molecule has 0 spiro atoms. The quantitative estimate of drug-likeness (QED) is 0.234. The van der Waals surface area contributed by atoms with Gasteiger partial charge in [0, 0.05) is 6.20 Å². The molecule has 0 aliphatic heterocycles. The fraction of sp³-hybridized carbons (Fsp3) is 0.143. The highest BCUT2D eigenvalue weighted by atomic mass is 19.4. The van der Waals surface area contributed by atoms with Crippen molar-refractivity contribution in [2.45, 2.75) is 6.30 Å². The molecule has 0 fully saturated rings. The molecule has 1 rings (SSSR count). The van der Waals surface area contributed by atoms with E-state index in [0.29, 0.717) is 0 Å². The lowest BCUT2D eigenvalue weighted by Crippen LogP contribution is -2.33. The Morgan fingerprint density at radius 2 is 2.14 bits per heavy atom. The van der Waals surface area contributed by atoms with Crippen LogP contribution in [-0.4, -0.2) is 17.1 Å². The summed E-state index contributed by atoms with van der Waals surface area (Å²) >= 11 is 0. The first-order valence-electron chi connectivity index (χ1n) is 3.57. The van der Waals surface area contributed by atoms with Crippen molar-refractivity contribution < 1.29 is 13.2 Å². The highest BCUT2D eigenvalue weighted by Crippen LogP contribution is 2.16. The van der Waals surface area contributed by atoms with E-state index in [-0.39, 0.29) is 5.69 Å². The average Bonchev–Trinajstić information content (AvgIpc) is 2.14. The standard InChI is InChI=1S/C7H7F3N4/c8-7(9,10)13-6(14-11)5-3-1-2-4-12-5/h1-4H,11H2,(H,13,14). The van der Waals surface area contributed by atoms with Crippen LogP contribution in [0.5, 0.6) is 0 Å². The second kappa shape index (κ2) is 4.05. The molecular weight excluding hydrogens is 197 g/mol. The Morgan fingerprint density at radius 3 is 2.57 bits per heavy atom. The fourth-order valence-electron chi connectivity index (χ4n) is 0.793. The molecule has 0 aliphatic rings. The number of nitrogens with two attached hydrogens (primary N) is 1. The molecule has 0 unspecified atom stereocenters. The van der Waals surface area contributed by atoms with Crippen molar-refractivity contribution in [2.75, 3.05) is 0 Å². The first kappa shape index (κ1) is 10.5. The molecule has 1 aromatic heterocycles. The van der Waals surface area contributed by atoms with Crippen molar-refractivity contribution in [3.05, 3.63) is 30.1 Å². The molecule has 4 nitrogen and oxygen atoms in total. The fourth-order valence-corrected chi connectivity index (χ4v) is 0.793. The highest BCUT2D eigenvalue weighted by molar-refractivity contribution is 5.96. The van der Waals surface area contributed by atoms with Crippen molar-refractivity contribution in [1.29, 1.82) is 0 Å². The Morgan fingerprint density at radius 1 is 1.43 bits per heavy atom. The number of amidine groups is 1. The van der Waals surface area contributed by atoms with Crippen LogP contribution in [0.4, 0.5) is 13.2 Å². The summed E-state index contributed by atoms with van der Waals surface area (Å²) < 4.78 is 35.6. The smallest absolute Gasteiger partial charge is 0.307 e. The van der Waals surface area contributed by atoms with Gasteiger partial charge >= 0.3 is 6.30 Å². The number of pyridine rings is 1. The Bertz CT molecular complexity index is 319. The second-order valence-corrected chi connectivity index (χ2v) is 2.29. The van der Waals surface area contributed by atoms with Crippen LogP contribution in [0.15, 0.2) is 29.4 Å². The maximum Gasteiger partial charge on any atom is 0.505 e. The summed E-state index contributed by atoms with van der Waals surface area (Å²) in [7, 11) is 0. The monoisotopic (exact) mass is 204 g/mol. The number of aliphatic imine (C=N–C) groups is 1. The number of nitrogens with zero attached hydrogens (tertiary/aromatic N) is 2. The Kier molecular flexibility index (Phi) is 3.03. The van der Waals surface area contributed by atoms with E-state index in [0.717, 1.165) is 0 Å². The summed E-state index contributed by atoms with van der Waals surface area (Å²) in [6.07, 6.45) is -3.32. The maximum absolute atomic E-state index is 11.9. The predicted molar refractivity (Wildman–Crippen MR) is 44.2 cm³/mol. The van der Waals surface area contributed by atoms with Crippen LogP contribution >= 0.6 is 0 Å². The number of aromatic nitrogens is 1. The van der Waals surface area contributed by atoms with E-state index in [1.165, 1.54) is 18.3 Å². The zero-order valence-corrected chi connectivity index (χ0v) is 6.92. The lowest BCUT2D eigenvalue weighted by Gasteiger charge is -2.05. The summed E-state index contributed by atoms with van der Waals surface area (Å²) in [5.41, 5.74) is 1.88. The first-order chi connectivity index (χ1) is 6.53. The van der Waals surface area contributed by atoms with Crippen molar-refractivity contribution in [1.82, 2.24) is 10.4 Å². The molecule has 0 atom stereocenters. The van der Waals surface area contributed by atoms with E-state index in [4.69, 9.17) is 5.84 Å². The van der Waals surface area contributed by atoms with Crippen molar-refractivity contribution in [3.8, 4) is 0 Å². The summed E-state index contributed by atoms with van der Waals surface area (Å²) in [5, 5.41) is 0. The second-order valence-electron chi connectivity index (χ2n) is 2.29. The number of alkyl halides is 3. The molecule has 1 aromatic rings. The van der Waals surface area contributed by atoms with Crippen LogP contribution in [0, 0.1) is 0 Å². The molecule has 0 radical (unpaired) electrons. The van der Waals surface area contributed by atoms with Crippen LogP contribution in [-0.2, 0) is 0 Å². The van der Waals surface area contributed by atoms with Crippen molar-refractivity contribution >= 4 is 5.84 Å². The number of nitrogens with one attached hydrogen (secondary N) is 1. The number of rotatable bonds is 1. The summed E-state index contributed by atoms with van der Waals surface area (Å²) in [5.74, 6) is 4.38. The Balaban J connectivity index is 3.00. The molecule has 0 saturated heterocycles. The van der Waals surface area contributed by atoms with Gasteiger partial charge in [0.1, 0.15) is 5.69 Å². The molecule has 14 heavy (non-hydrogen) atoms. The summed E-state index contributed by atoms with van der Waals surface area (Å²) in [6.45, 7) is 0. The first-order valence-corrected chi connectivity index (χ1v) is 3.57. The normalized spacial score (nSPS) is 12.7. The van der Waals surface area contributed by atoms with Crippen LogP contribution in [0.2, 0.25) is 0 Å². The zero-order chi connectivity index (χ0) is 10.6. The van der Waals surface area contributed by atoms with Gasteiger partial charge in [0.25, 0.3) is 0 Å². The van der Waals surface area contributed by atoms with E-state index in [2.05, 4.69) is 9.98 Å². The molecule has 7 heteroatoms. The lowest BCUT2D eigenvalue weighted by molar-refractivity contribution is -0.119. The van der Waals surface area contributed by atoms with E-state index in [1.807, 2.05) is 5.43 Å². The van der Waals surface area contributed by atoms with E-state index in [1.54, 1.807) is 6.07 Å². The molecule has 0 aliphatic carbocycles. The number of hydrogen-bond donors (Lipinski definition) is 2. The molecule has 0 bridgehead atoms. The molecule has 3 N–H and O–H groups in total. The van der Waals surface area contributed by atoms with Crippen LogP contribution in [0.1, 0.15) is 5.69 Å². The predicted octanol–water partition coefficient (Wildman–Crippen LogP) is 0.811. The van der Waals surface area contributed by atoms with Gasteiger partial charge in [-0.1, -0.05) is 6.07 Å². The van der Waals surface area contributed by atoms with Crippen molar-refractivity contribution in [3.63, 3.8) is 0 Å². The van der Waals surface area contributed by atoms with E-state index in [9.17, 15) is 13.2 Å². The maximum atomic E-state index is 11.9. The Labute approximate surface area is 77.6 Å². The number of halogens is 3. The third-order valence-electron chi connectivity index (χ3n) is 1.28. The molecule has 0 saturated carbocycles. The lowest BCUT2D eigenvalue weighted by atomic mass is 10.3. The largest absolute Gasteiger partial charge is 0.505 e. The molecular formula is C7H7F3N4. The van der Waals surface area contributed by atoms with Gasteiger partial charge in [-0.15, -0.1) is 13.2 Å². The van der Waals surface area contributed by atoms with Gasteiger partial charge in [-0.25, -0.2) is 5.84 Å². The van der Waals surface area contributed by atoms with Crippen molar-refractivity contribution in [2.24, 2.45) is 10.8 Å². The van der Waals surface area contributed by atoms with Crippen LogP contribution < -0.4 is 11.3 Å². The zero-order valence-electron chi connectivity index (χ0n) is 6.92. The molecule has 0 amide bonds. The van der Waals surface area contributed by atoms with Gasteiger partial charge in [0.2, 0.25) is 0 Å². The van der Waals surface area contributed by atoms with Gasteiger partial charge in [0.05, 0.1) is 0 Å². The van der Waals surface area contributed by atoms with Gasteiger partial charge in [-0.05, 0) is 12.1 Å². The Hall–Kier alpha value is -1.63. The van der Waals surface area contributed by atoms with Crippen LogP contribution in [0.25, 0.3) is 0 Å². The minimum absolute atomic E-state index is 0.0346. The molecule has 1 heterocycles. The third-order valence-corrected chi connectivity index (χ3v) is 1.28. The topological polar surface area (TPSA) is 63.3 Å². The van der Waals surface area contributed by atoms with E-state index >= 15 is 0 Å². The van der Waals surface area contributed by atoms with Gasteiger partial charge in [-0.2, -0.15) is 4.99 Å². The minimum atomic E-state index is -4.67. The summed E-state index contributed by atoms with van der Waals surface area (Å²) in [6, 6.07) is 4.47. The molecule has 76 valence electrons. The average molecular weight is 204 g/mol. The number of hydrazine groups is 1. The van der Waals surface area contributed by atoms with Gasteiger partial charge < -0.3 is 5.43 Å². The number of hydrogen-bond acceptors (Lipinski definition) is 3. The van der Waals surface area contributed by atoms with Gasteiger partial charge in [-0.3, -0.25) is 4.98 Å². The highest BCUT2D eigenvalue weighted by Gasteiger charge is 2.27. The molecule has 0 aromatic carbocycles. The van der Waals surface area contributed by atoms with Crippen LogP contribution in [0.3, 0.4) is 0 Å².